The fourth-order valence-electron chi connectivity index (χ4n) is 5.87. The van der Waals surface area contributed by atoms with Crippen molar-refractivity contribution in [3.8, 4) is 11.1 Å². The van der Waals surface area contributed by atoms with E-state index in [9.17, 15) is 4.79 Å². The molecular formula is C33H50N4O2. The van der Waals surface area contributed by atoms with Crippen molar-refractivity contribution in [2.45, 2.75) is 70.3 Å². The summed E-state index contributed by atoms with van der Waals surface area (Å²) in [6.45, 7) is 11.5. The second kappa shape index (κ2) is 15.4. The fourth-order valence-corrected chi connectivity index (χ4v) is 5.87. The SMILES string of the molecule is CN1CCCN(CCCCCCCCN2CCC(C)(OC(=O)Nc3ccccc3-c3ccccc3)CC2)CC1. The third-order valence-electron chi connectivity index (χ3n) is 8.51. The van der Waals surface area contributed by atoms with Gasteiger partial charge in [0.1, 0.15) is 5.60 Å². The molecule has 0 saturated carbocycles. The summed E-state index contributed by atoms with van der Waals surface area (Å²) in [5, 5.41) is 3.00. The second-order valence-corrected chi connectivity index (χ2v) is 11.8. The lowest BCUT2D eigenvalue weighted by atomic mass is 9.93. The summed E-state index contributed by atoms with van der Waals surface area (Å²) in [6, 6.07) is 18.0. The Bertz CT molecular complexity index is 990. The van der Waals surface area contributed by atoms with Crippen LogP contribution in [0.1, 0.15) is 64.7 Å². The minimum Gasteiger partial charge on any atom is -0.443 e. The van der Waals surface area contributed by atoms with Gasteiger partial charge in [0.2, 0.25) is 0 Å². The Labute approximate surface area is 236 Å². The van der Waals surface area contributed by atoms with Crippen molar-refractivity contribution in [1.82, 2.24) is 14.7 Å². The highest BCUT2D eigenvalue weighted by Crippen LogP contribution is 2.30. The van der Waals surface area contributed by atoms with Crippen LogP contribution in [-0.4, -0.2) is 85.8 Å². The monoisotopic (exact) mass is 534 g/mol. The highest BCUT2D eigenvalue weighted by atomic mass is 16.6. The Kier molecular flexibility index (Phi) is 11.7. The minimum atomic E-state index is -0.412. The van der Waals surface area contributed by atoms with Gasteiger partial charge in [-0.15, -0.1) is 0 Å². The molecule has 2 aliphatic rings. The first-order valence-electron chi connectivity index (χ1n) is 15.3. The number of hydrogen-bond donors (Lipinski definition) is 1. The third kappa shape index (κ3) is 9.93. The lowest BCUT2D eigenvalue weighted by Gasteiger charge is -2.38. The predicted octanol–water partition coefficient (Wildman–Crippen LogP) is 6.73. The number of benzene rings is 2. The van der Waals surface area contributed by atoms with E-state index < -0.39 is 5.60 Å². The van der Waals surface area contributed by atoms with Crippen molar-refractivity contribution in [2.75, 3.05) is 64.7 Å². The minimum absolute atomic E-state index is 0.363. The first-order chi connectivity index (χ1) is 19.0. The molecule has 2 fully saturated rings. The third-order valence-corrected chi connectivity index (χ3v) is 8.51. The van der Waals surface area contributed by atoms with E-state index in [0.29, 0.717) is 0 Å². The zero-order valence-corrected chi connectivity index (χ0v) is 24.4. The quantitative estimate of drug-likeness (QED) is 0.306. The Balaban J connectivity index is 1.07. The van der Waals surface area contributed by atoms with Gasteiger partial charge in [0.05, 0.1) is 5.69 Å². The second-order valence-electron chi connectivity index (χ2n) is 11.8. The number of amides is 1. The van der Waals surface area contributed by atoms with Gasteiger partial charge in [0.15, 0.2) is 0 Å². The van der Waals surface area contributed by atoms with Crippen LogP contribution in [0.4, 0.5) is 10.5 Å². The van der Waals surface area contributed by atoms with Gasteiger partial charge in [0, 0.05) is 31.7 Å². The molecule has 39 heavy (non-hydrogen) atoms. The molecule has 4 rings (SSSR count). The maximum absolute atomic E-state index is 12.8. The number of nitrogens with one attached hydrogen (secondary N) is 1. The number of hydrogen-bond acceptors (Lipinski definition) is 5. The van der Waals surface area contributed by atoms with E-state index in [-0.39, 0.29) is 6.09 Å². The van der Waals surface area contributed by atoms with Crippen LogP contribution in [0.25, 0.3) is 11.1 Å². The molecule has 6 nitrogen and oxygen atoms in total. The number of likely N-dealkylation sites (N-methyl/N-ethyl adjacent to an activating group) is 1. The summed E-state index contributed by atoms with van der Waals surface area (Å²) < 4.78 is 5.98. The van der Waals surface area contributed by atoms with Crippen LogP contribution in [0.3, 0.4) is 0 Å². The topological polar surface area (TPSA) is 48.1 Å². The predicted molar refractivity (Wildman–Crippen MR) is 162 cm³/mol. The van der Waals surface area contributed by atoms with Crippen molar-refractivity contribution in [2.24, 2.45) is 0 Å². The zero-order chi connectivity index (χ0) is 27.3. The maximum Gasteiger partial charge on any atom is 0.412 e. The molecule has 2 heterocycles. The number of para-hydroxylation sites is 1. The van der Waals surface area contributed by atoms with Gasteiger partial charge in [-0.25, -0.2) is 4.79 Å². The molecule has 0 atom stereocenters. The van der Waals surface area contributed by atoms with Crippen molar-refractivity contribution in [3.63, 3.8) is 0 Å². The van der Waals surface area contributed by atoms with Gasteiger partial charge >= 0.3 is 6.09 Å². The molecule has 214 valence electrons. The number of anilines is 1. The zero-order valence-electron chi connectivity index (χ0n) is 24.4. The van der Waals surface area contributed by atoms with Crippen molar-refractivity contribution in [1.29, 1.82) is 0 Å². The molecule has 0 unspecified atom stereocenters. The number of carbonyl (C=O) groups is 1. The standard InChI is InChI=1S/C33H50N4O2/c1-33(39-32(38)34-31-18-11-10-17-30(31)29-15-8-7-9-16-29)19-25-37(26-20-33)23-13-6-4-3-5-12-22-36-24-14-21-35(2)27-28-36/h7-11,15-18H,3-6,12-14,19-28H2,1-2H3,(H,34,38). The Morgan fingerprint density at radius 1 is 0.769 bits per heavy atom. The Morgan fingerprint density at radius 2 is 1.38 bits per heavy atom. The number of rotatable bonds is 12. The van der Waals surface area contributed by atoms with Crippen molar-refractivity contribution < 1.29 is 9.53 Å². The number of ether oxygens (including phenoxy) is 1. The number of unbranched alkanes of at least 4 members (excludes halogenated alkanes) is 5. The molecule has 6 heteroatoms. The first kappa shape index (κ1) is 29.6. The molecular weight excluding hydrogens is 484 g/mol. The van der Waals surface area contributed by atoms with E-state index in [1.807, 2.05) is 42.5 Å². The average molecular weight is 535 g/mol. The number of likely N-dealkylation sites (tertiary alicyclic amines) is 1. The molecule has 0 spiro atoms. The maximum atomic E-state index is 12.8. The molecule has 0 bridgehead atoms. The molecule has 2 aromatic carbocycles. The number of nitrogens with zero attached hydrogens (tertiary/aromatic N) is 3. The summed E-state index contributed by atoms with van der Waals surface area (Å²) >= 11 is 0. The van der Waals surface area contributed by atoms with E-state index >= 15 is 0 Å². The fraction of sp³-hybridized carbons (Fsp3) is 0.606. The molecule has 2 aromatic rings. The molecule has 1 amide bonds. The summed E-state index contributed by atoms with van der Waals surface area (Å²) in [5.74, 6) is 0. The summed E-state index contributed by atoms with van der Waals surface area (Å²) in [6.07, 6.45) is 10.7. The van der Waals surface area contributed by atoms with Crippen LogP contribution < -0.4 is 5.32 Å². The molecule has 2 saturated heterocycles. The van der Waals surface area contributed by atoms with Crippen LogP contribution in [0.2, 0.25) is 0 Å². The molecule has 2 aliphatic heterocycles. The molecule has 0 radical (unpaired) electrons. The van der Waals surface area contributed by atoms with Crippen LogP contribution in [0.15, 0.2) is 54.6 Å². The van der Waals surface area contributed by atoms with Crippen LogP contribution >= 0.6 is 0 Å². The smallest absolute Gasteiger partial charge is 0.412 e. The highest BCUT2D eigenvalue weighted by molar-refractivity contribution is 5.91. The Morgan fingerprint density at radius 3 is 2.10 bits per heavy atom. The normalized spacial score (nSPS) is 18.9. The van der Waals surface area contributed by atoms with E-state index in [0.717, 1.165) is 49.3 Å². The van der Waals surface area contributed by atoms with Crippen LogP contribution in [0, 0.1) is 0 Å². The van der Waals surface area contributed by atoms with E-state index in [2.05, 4.69) is 46.1 Å². The molecule has 1 N–H and O–H groups in total. The Hall–Kier alpha value is -2.41. The van der Waals surface area contributed by atoms with E-state index in [1.165, 1.54) is 77.7 Å². The van der Waals surface area contributed by atoms with Gasteiger partial charge in [-0.1, -0.05) is 74.2 Å². The lowest BCUT2D eigenvalue weighted by molar-refractivity contribution is -0.0163. The van der Waals surface area contributed by atoms with Gasteiger partial charge in [0.25, 0.3) is 0 Å². The van der Waals surface area contributed by atoms with Crippen molar-refractivity contribution >= 4 is 11.8 Å². The summed E-state index contributed by atoms with van der Waals surface area (Å²) in [7, 11) is 2.24. The summed E-state index contributed by atoms with van der Waals surface area (Å²) in [4.78, 5) is 20.5. The lowest BCUT2D eigenvalue weighted by Crippen LogP contribution is -2.46. The van der Waals surface area contributed by atoms with Gasteiger partial charge in [-0.05, 0) is 83.9 Å². The summed E-state index contributed by atoms with van der Waals surface area (Å²) in [5.41, 5.74) is 2.45. The van der Waals surface area contributed by atoms with Gasteiger partial charge < -0.3 is 19.4 Å². The van der Waals surface area contributed by atoms with E-state index in [4.69, 9.17) is 4.74 Å². The number of piperidine rings is 1. The average Bonchev–Trinajstić information content (AvgIpc) is 3.15. The molecule has 0 aromatic heterocycles. The largest absolute Gasteiger partial charge is 0.443 e. The van der Waals surface area contributed by atoms with E-state index in [1.54, 1.807) is 0 Å². The van der Waals surface area contributed by atoms with Crippen molar-refractivity contribution in [3.05, 3.63) is 54.6 Å². The van der Waals surface area contributed by atoms with Gasteiger partial charge in [-0.3, -0.25) is 5.32 Å². The number of carbonyl (C=O) groups excluding carboxylic acids is 1. The highest BCUT2D eigenvalue weighted by Gasteiger charge is 2.33. The first-order valence-corrected chi connectivity index (χ1v) is 15.3. The van der Waals surface area contributed by atoms with Gasteiger partial charge in [-0.2, -0.15) is 0 Å². The van der Waals surface area contributed by atoms with Crippen LogP contribution in [0.5, 0.6) is 0 Å². The van der Waals surface area contributed by atoms with Crippen LogP contribution in [-0.2, 0) is 4.74 Å². The molecule has 0 aliphatic carbocycles.